The molecule has 0 aliphatic carbocycles. The largest absolute Gasteiger partial charge is 0.394 e. The monoisotopic (exact) mass is 446 g/mol. The molecule has 32 heavy (non-hydrogen) atoms. The molecular weight excluding hydrogens is 408 g/mol. The third-order valence-corrected chi connectivity index (χ3v) is 5.78. The van der Waals surface area contributed by atoms with Crippen LogP contribution in [0.25, 0.3) is 0 Å². The third kappa shape index (κ3) is 7.78. The molecule has 0 aromatic carbocycles. The average molecular weight is 447 g/mol. The van der Waals surface area contributed by atoms with Crippen LogP contribution in [-0.4, -0.2) is 65.0 Å². The molecule has 1 aliphatic rings. The molecule has 5 N–H and O–H groups in total. The summed E-state index contributed by atoms with van der Waals surface area (Å²) in [4.78, 5) is 34.7. The number of piperidine rings is 1. The van der Waals surface area contributed by atoms with Crippen molar-refractivity contribution < 1.29 is 14.7 Å². The van der Waals surface area contributed by atoms with E-state index in [1.807, 2.05) is 13.8 Å². The zero-order valence-corrected chi connectivity index (χ0v) is 19.7. The van der Waals surface area contributed by atoms with Gasteiger partial charge in [0.1, 0.15) is 11.7 Å². The van der Waals surface area contributed by atoms with Gasteiger partial charge in [0.2, 0.25) is 0 Å². The number of carbonyl (C=O) groups is 2. The summed E-state index contributed by atoms with van der Waals surface area (Å²) in [5.74, 6) is 1.58. The lowest BCUT2D eigenvalue weighted by Gasteiger charge is -2.31. The minimum absolute atomic E-state index is 0.0746. The average Bonchev–Trinajstić information content (AvgIpc) is 2.76. The molecular formula is C23H38N6O3. The van der Waals surface area contributed by atoms with E-state index in [1.165, 1.54) is 0 Å². The first kappa shape index (κ1) is 25.6. The van der Waals surface area contributed by atoms with Crippen LogP contribution in [0.2, 0.25) is 0 Å². The van der Waals surface area contributed by atoms with Crippen LogP contribution >= 0.6 is 0 Å². The molecule has 0 radical (unpaired) electrons. The van der Waals surface area contributed by atoms with E-state index < -0.39 is 0 Å². The van der Waals surface area contributed by atoms with Crippen molar-refractivity contribution in [3.8, 4) is 0 Å². The number of anilines is 1. The number of amides is 3. The highest BCUT2D eigenvalue weighted by molar-refractivity contribution is 5.95. The summed E-state index contributed by atoms with van der Waals surface area (Å²) < 4.78 is 0. The summed E-state index contributed by atoms with van der Waals surface area (Å²) >= 11 is 0. The molecule has 1 aromatic heterocycles. The first-order chi connectivity index (χ1) is 15.2. The molecule has 0 spiro atoms. The second kappa shape index (κ2) is 12.4. The van der Waals surface area contributed by atoms with Crippen LogP contribution < -0.4 is 16.4 Å². The lowest BCUT2D eigenvalue weighted by molar-refractivity contribution is 0.0921. The fourth-order valence-electron chi connectivity index (χ4n) is 3.58. The van der Waals surface area contributed by atoms with E-state index in [-0.39, 0.29) is 30.5 Å². The van der Waals surface area contributed by atoms with Crippen molar-refractivity contribution in [1.29, 1.82) is 0 Å². The minimum atomic E-state index is -0.296. The van der Waals surface area contributed by atoms with Gasteiger partial charge in [0, 0.05) is 31.6 Å². The lowest BCUT2D eigenvalue weighted by Crippen LogP contribution is -2.38. The van der Waals surface area contributed by atoms with Crippen LogP contribution in [0.4, 0.5) is 10.6 Å². The van der Waals surface area contributed by atoms with Crippen LogP contribution in [0.3, 0.4) is 0 Å². The zero-order valence-electron chi connectivity index (χ0n) is 19.7. The predicted molar refractivity (Wildman–Crippen MR) is 127 cm³/mol. The van der Waals surface area contributed by atoms with E-state index in [2.05, 4.69) is 20.6 Å². The van der Waals surface area contributed by atoms with Crippen molar-refractivity contribution >= 4 is 23.6 Å². The highest BCUT2D eigenvalue weighted by atomic mass is 16.3. The van der Waals surface area contributed by atoms with Gasteiger partial charge in [-0.05, 0) is 57.6 Å². The number of hydrogen-bond acceptors (Lipinski definition) is 5. The Morgan fingerprint density at radius 1 is 1.28 bits per heavy atom. The van der Waals surface area contributed by atoms with Crippen molar-refractivity contribution in [1.82, 2.24) is 15.2 Å². The number of pyridine rings is 1. The second-order valence-corrected chi connectivity index (χ2v) is 8.86. The van der Waals surface area contributed by atoms with Crippen molar-refractivity contribution in [2.75, 3.05) is 31.6 Å². The topological polar surface area (TPSA) is 133 Å². The lowest BCUT2D eigenvalue weighted by atomic mass is 9.92. The van der Waals surface area contributed by atoms with Gasteiger partial charge in [-0.2, -0.15) is 4.99 Å². The van der Waals surface area contributed by atoms with Gasteiger partial charge in [-0.3, -0.25) is 4.79 Å². The summed E-state index contributed by atoms with van der Waals surface area (Å²) in [5.41, 5.74) is 6.96. The predicted octanol–water partition coefficient (Wildman–Crippen LogP) is 2.54. The second-order valence-electron chi connectivity index (χ2n) is 8.86. The first-order valence-electron chi connectivity index (χ1n) is 11.5. The summed E-state index contributed by atoms with van der Waals surface area (Å²) in [7, 11) is 0. The molecule has 2 rings (SSSR count). The van der Waals surface area contributed by atoms with Gasteiger partial charge in [-0.15, -0.1) is 0 Å². The van der Waals surface area contributed by atoms with E-state index in [9.17, 15) is 9.59 Å². The fraction of sp³-hybridized carbons (Fsp3) is 0.652. The Balaban J connectivity index is 1.71. The summed E-state index contributed by atoms with van der Waals surface area (Å²) in [5, 5.41) is 15.1. The third-order valence-electron chi connectivity index (χ3n) is 5.78. The minimum Gasteiger partial charge on any atom is -0.394 e. The Kier molecular flexibility index (Phi) is 9.90. The van der Waals surface area contributed by atoms with Crippen LogP contribution in [0.1, 0.15) is 62.5 Å². The summed E-state index contributed by atoms with van der Waals surface area (Å²) in [6.07, 6.45) is 4.06. The molecule has 0 saturated carbocycles. The first-order valence-corrected chi connectivity index (χ1v) is 11.5. The standard InChI is InChI=1S/C23H38N6O3/c1-15(2)21(24)28-23(32)29-12-9-18(10-13-29)6-5-11-25-20-8-7-19(17(4)27-20)22(31)26-16(3)14-30/h7-8,15-16,18,30H,5-6,9-14H2,1-4H3,(H,25,27)(H,26,31)(H2,24,28,32)/t16-/m1/s1. The molecule has 3 amide bonds. The van der Waals surface area contributed by atoms with E-state index in [4.69, 9.17) is 10.8 Å². The van der Waals surface area contributed by atoms with E-state index in [0.29, 0.717) is 23.0 Å². The number of likely N-dealkylation sites (tertiary alicyclic amines) is 1. The van der Waals surface area contributed by atoms with Gasteiger partial charge in [-0.1, -0.05) is 13.8 Å². The van der Waals surface area contributed by atoms with E-state index in [1.54, 1.807) is 30.9 Å². The molecule has 1 aliphatic heterocycles. The number of nitrogens with zero attached hydrogens (tertiary/aromatic N) is 3. The SMILES string of the molecule is Cc1nc(NCCCC2CCN(C(=O)N=C(N)C(C)C)CC2)ccc1C(=O)N[C@H](C)CO. The number of amidine groups is 1. The molecule has 0 bridgehead atoms. The molecule has 178 valence electrons. The van der Waals surface area contributed by atoms with Gasteiger partial charge < -0.3 is 26.4 Å². The molecule has 9 heteroatoms. The maximum absolute atomic E-state index is 12.2. The maximum atomic E-state index is 12.2. The number of hydrogen-bond donors (Lipinski definition) is 4. The molecule has 1 fully saturated rings. The van der Waals surface area contributed by atoms with Crippen molar-refractivity contribution in [2.24, 2.45) is 22.6 Å². The van der Waals surface area contributed by atoms with E-state index in [0.717, 1.165) is 51.1 Å². The van der Waals surface area contributed by atoms with Crippen LogP contribution in [0.15, 0.2) is 17.1 Å². The number of carbonyl (C=O) groups excluding carboxylic acids is 2. The summed E-state index contributed by atoms with van der Waals surface area (Å²) in [6.45, 7) is 9.55. The number of aliphatic hydroxyl groups excluding tert-OH is 1. The number of aliphatic imine (C=N–C) groups is 1. The van der Waals surface area contributed by atoms with Crippen molar-refractivity contribution in [2.45, 2.75) is 59.4 Å². The normalized spacial score (nSPS) is 16.2. The molecule has 9 nitrogen and oxygen atoms in total. The van der Waals surface area contributed by atoms with Crippen LogP contribution in [-0.2, 0) is 0 Å². The number of nitrogens with two attached hydrogens (primary N) is 1. The Bertz CT molecular complexity index is 803. The van der Waals surface area contributed by atoms with Gasteiger partial charge >= 0.3 is 6.03 Å². The number of aryl methyl sites for hydroxylation is 1. The van der Waals surface area contributed by atoms with Gasteiger partial charge in [0.05, 0.1) is 17.9 Å². The quantitative estimate of drug-likeness (QED) is 0.262. The number of nitrogens with one attached hydrogen (secondary N) is 2. The fourth-order valence-corrected chi connectivity index (χ4v) is 3.58. The summed E-state index contributed by atoms with van der Waals surface area (Å²) in [6, 6.07) is 3.04. The highest BCUT2D eigenvalue weighted by Crippen LogP contribution is 2.22. The van der Waals surface area contributed by atoms with Crippen molar-refractivity contribution in [3.05, 3.63) is 23.4 Å². The van der Waals surface area contributed by atoms with Crippen LogP contribution in [0.5, 0.6) is 0 Å². The molecule has 1 saturated heterocycles. The zero-order chi connectivity index (χ0) is 23.7. The van der Waals surface area contributed by atoms with Crippen molar-refractivity contribution in [3.63, 3.8) is 0 Å². The number of aliphatic hydroxyl groups is 1. The molecule has 1 atom stereocenters. The number of aromatic nitrogens is 1. The van der Waals surface area contributed by atoms with Gasteiger partial charge in [0.15, 0.2) is 0 Å². The Labute approximate surface area is 190 Å². The number of rotatable bonds is 9. The Morgan fingerprint density at radius 3 is 2.56 bits per heavy atom. The Morgan fingerprint density at radius 2 is 1.97 bits per heavy atom. The van der Waals surface area contributed by atoms with Gasteiger partial charge in [0.25, 0.3) is 5.91 Å². The molecule has 2 heterocycles. The maximum Gasteiger partial charge on any atom is 0.345 e. The van der Waals surface area contributed by atoms with Crippen LogP contribution in [0, 0.1) is 18.8 Å². The molecule has 0 unspecified atom stereocenters. The van der Waals surface area contributed by atoms with E-state index >= 15 is 0 Å². The Hall–Kier alpha value is -2.68. The smallest absolute Gasteiger partial charge is 0.345 e. The van der Waals surface area contributed by atoms with Gasteiger partial charge in [-0.25, -0.2) is 9.78 Å². The number of urea groups is 1. The highest BCUT2D eigenvalue weighted by Gasteiger charge is 2.22. The molecule has 1 aromatic rings.